The van der Waals surface area contributed by atoms with Crippen LogP contribution in [0, 0.1) is 25.2 Å². The number of amides is 1. The zero-order valence-corrected chi connectivity index (χ0v) is 14.9. The van der Waals surface area contributed by atoms with Crippen molar-refractivity contribution >= 4 is 5.91 Å². The van der Waals surface area contributed by atoms with Crippen LogP contribution in [0.4, 0.5) is 0 Å². The van der Waals surface area contributed by atoms with Crippen LogP contribution in [-0.4, -0.2) is 22.2 Å². The van der Waals surface area contributed by atoms with Crippen molar-refractivity contribution in [2.24, 2.45) is 0 Å². The van der Waals surface area contributed by atoms with Crippen molar-refractivity contribution in [2.75, 3.05) is 6.54 Å². The third kappa shape index (κ3) is 5.23. The van der Waals surface area contributed by atoms with Gasteiger partial charge in [-0.15, -0.1) is 0 Å². The van der Waals surface area contributed by atoms with Gasteiger partial charge in [-0.3, -0.25) is 9.48 Å². The van der Waals surface area contributed by atoms with Crippen LogP contribution in [0.2, 0.25) is 0 Å². The monoisotopic (exact) mass is 328 g/mol. The van der Waals surface area contributed by atoms with Crippen molar-refractivity contribution in [2.45, 2.75) is 71.8 Å². The number of hydrogen-bond donors (Lipinski definition) is 1. The fourth-order valence-electron chi connectivity index (χ4n) is 3.29. The van der Waals surface area contributed by atoms with Crippen molar-refractivity contribution in [1.29, 1.82) is 5.26 Å². The van der Waals surface area contributed by atoms with Crippen molar-refractivity contribution in [3.05, 3.63) is 28.6 Å². The molecule has 0 aromatic carbocycles. The van der Waals surface area contributed by atoms with Gasteiger partial charge in [0, 0.05) is 18.7 Å². The number of aromatic nitrogens is 2. The van der Waals surface area contributed by atoms with E-state index in [-0.39, 0.29) is 5.91 Å². The summed E-state index contributed by atoms with van der Waals surface area (Å²) in [6.45, 7) is 5.34. The minimum absolute atomic E-state index is 0.106. The fraction of sp³-hybridized carbons (Fsp3) is 0.632. The Kier molecular flexibility index (Phi) is 7.05. The Bertz CT molecular complexity index is 637. The Morgan fingerprint density at radius 3 is 2.92 bits per heavy atom. The Labute approximate surface area is 144 Å². The molecule has 0 aliphatic heterocycles. The summed E-state index contributed by atoms with van der Waals surface area (Å²) < 4.78 is 1.88. The third-order valence-electron chi connectivity index (χ3n) is 4.72. The minimum atomic E-state index is 0.106. The van der Waals surface area contributed by atoms with E-state index in [0.29, 0.717) is 25.8 Å². The lowest BCUT2D eigenvalue weighted by Crippen LogP contribution is -2.25. The molecule has 0 spiro atoms. The van der Waals surface area contributed by atoms with E-state index < -0.39 is 0 Å². The van der Waals surface area contributed by atoms with E-state index in [4.69, 9.17) is 5.26 Å². The van der Waals surface area contributed by atoms with Crippen LogP contribution in [0.1, 0.15) is 61.9 Å². The molecule has 0 bridgehead atoms. The van der Waals surface area contributed by atoms with Crippen LogP contribution in [0.15, 0.2) is 11.6 Å². The number of allylic oxidation sites excluding steroid dienone is 1. The fourth-order valence-corrected chi connectivity index (χ4v) is 3.29. The van der Waals surface area contributed by atoms with Gasteiger partial charge in [0.05, 0.1) is 24.7 Å². The lowest BCUT2D eigenvalue weighted by molar-refractivity contribution is -0.121. The summed E-state index contributed by atoms with van der Waals surface area (Å²) >= 11 is 0. The first kappa shape index (κ1) is 18.3. The van der Waals surface area contributed by atoms with Crippen LogP contribution < -0.4 is 5.32 Å². The number of carbonyl (C=O) groups excluding carboxylic acids is 1. The highest BCUT2D eigenvalue weighted by Crippen LogP contribution is 2.19. The average molecular weight is 328 g/mol. The average Bonchev–Trinajstić information content (AvgIpc) is 2.85. The molecular formula is C19H28N4O. The highest BCUT2D eigenvalue weighted by Gasteiger charge is 2.13. The van der Waals surface area contributed by atoms with E-state index in [1.807, 2.05) is 18.5 Å². The molecule has 0 saturated carbocycles. The molecule has 1 amide bonds. The van der Waals surface area contributed by atoms with Gasteiger partial charge >= 0.3 is 0 Å². The Balaban J connectivity index is 1.76. The summed E-state index contributed by atoms with van der Waals surface area (Å²) in [4.78, 5) is 12.1. The molecule has 130 valence electrons. The van der Waals surface area contributed by atoms with Gasteiger partial charge in [0.2, 0.25) is 5.91 Å². The van der Waals surface area contributed by atoms with E-state index >= 15 is 0 Å². The molecule has 5 heteroatoms. The normalized spacial score (nSPS) is 14.1. The second-order valence-corrected chi connectivity index (χ2v) is 6.49. The lowest BCUT2D eigenvalue weighted by atomic mass is 9.97. The number of carbonyl (C=O) groups is 1. The molecule has 5 nitrogen and oxygen atoms in total. The largest absolute Gasteiger partial charge is 0.356 e. The van der Waals surface area contributed by atoms with Crippen molar-refractivity contribution in [1.82, 2.24) is 15.1 Å². The summed E-state index contributed by atoms with van der Waals surface area (Å²) in [5.74, 6) is 0.106. The Morgan fingerprint density at radius 2 is 2.21 bits per heavy atom. The first-order valence-electron chi connectivity index (χ1n) is 8.96. The van der Waals surface area contributed by atoms with Crippen molar-refractivity contribution < 1.29 is 4.79 Å². The molecule has 0 radical (unpaired) electrons. The van der Waals surface area contributed by atoms with Crippen LogP contribution >= 0.6 is 0 Å². The van der Waals surface area contributed by atoms with Crippen LogP contribution in [0.5, 0.6) is 0 Å². The SMILES string of the molecule is Cc1nn(CCC#N)c(C)c1CCC(=O)NCCC1=CCCCC1. The number of hydrogen-bond acceptors (Lipinski definition) is 3. The van der Waals surface area contributed by atoms with E-state index in [0.717, 1.165) is 29.9 Å². The van der Waals surface area contributed by atoms with Crippen molar-refractivity contribution in [3.63, 3.8) is 0 Å². The zero-order valence-electron chi connectivity index (χ0n) is 14.9. The second kappa shape index (κ2) is 9.27. The molecule has 1 aliphatic rings. The standard InChI is InChI=1S/C19H28N4O/c1-15-18(16(2)23(22-15)14-6-12-20)9-10-19(24)21-13-11-17-7-4-3-5-8-17/h7H,3-6,8-11,13-14H2,1-2H3,(H,21,24). The van der Waals surface area contributed by atoms with Gasteiger partial charge in [0.1, 0.15) is 0 Å². The predicted octanol–water partition coefficient (Wildman–Crippen LogP) is 3.35. The highest BCUT2D eigenvalue weighted by atomic mass is 16.1. The van der Waals surface area contributed by atoms with Gasteiger partial charge < -0.3 is 5.32 Å². The van der Waals surface area contributed by atoms with Gasteiger partial charge in [-0.05, 0) is 57.9 Å². The van der Waals surface area contributed by atoms with Crippen LogP contribution in [-0.2, 0) is 17.8 Å². The molecule has 1 aromatic rings. The predicted molar refractivity (Wildman–Crippen MR) is 94.4 cm³/mol. The summed E-state index contributed by atoms with van der Waals surface area (Å²) in [5.41, 5.74) is 4.67. The summed E-state index contributed by atoms with van der Waals surface area (Å²) in [5, 5.41) is 16.2. The smallest absolute Gasteiger partial charge is 0.220 e. The maximum atomic E-state index is 12.1. The topological polar surface area (TPSA) is 70.7 Å². The van der Waals surface area contributed by atoms with Gasteiger partial charge in [0.15, 0.2) is 0 Å². The number of nitrogens with zero attached hydrogens (tertiary/aromatic N) is 3. The van der Waals surface area contributed by atoms with E-state index in [1.165, 1.54) is 31.3 Å². The van der Waals surface area contributed by atoms with Gasteiger partial charge in [-0.1, -0.05) is 11.6 Å². The van der Waals surface area contributed by atoms with E-state index in [9.17, 15) is 4.79 Å². The summed E-state index contributed by atoms with van der Waals surface area (Å²) in [6.07, 6.45) is 9.94. The Morgan fingerprint density at radius 1 is 1.38 bits per heavy atom. The number of nitrogens with one attached hydrogen (secondary N) is 1. The van der Waals surface area contributed by atoms with Crippen molar-refractivity contribution in [3.8, 4) is 6.07 Å². The number of aryl methyl sites for hydroxylation is 2. The first-order valence-corrected chi connectivity index (χ1v) is 8.96. The third-order valence-corrected chi connectivity index (χ3v) is 4.72. The molecule has 1 N–H and O–H groups in total. The molecular weight excluding hydrogens is 300 g/mol. The Hall–Kier alpha value is -2.09. The lowest BCUT2D eigenvalue weighted by Gasteiger charge is -2.13. The second-order valence-electron chi connectivity index (χ2n) is 6.49. The maximum absolute atomic E-state index is 12.1. The van der Waals surface area contributed by atoms with Gasteiger partial charge in [-0.2, -0.15) is 10.4 Å². The maximum Gasteiger partial charge on any atom is 0.220 e. The molecule has 0 unspecified atom stereocenters. The van der Waals surface area contributed by atoms with Gasteiger partial charge in [0.25, 0.3) is 0 Å². The zero-order chi connectivity index (χ0) is 17.4. The van der Waals surface area contributed by atoms with E-state index in [2.05, 4.69) is 22.6 Å². The summed E-state index contributed by atoms with van der Waals surface area (Å²) in [7, 11) is 0. The summed E-state index contributed by atoms with van der Waals surface area (Å²) in [6, 6.07) is 2.14. The molecule has 1 aromatic heterocycles. The molecule has 1 aliphatic carbocycles. The van der Waals surface area contributed by atoms with Crippen LogP contribution in [0.25, 0.3) is 0 Å². The highest BCUT2D eigenvalue weighted by molar-refractivity contribution is 5.76. The quantitative estimate of drug-likeness (QED) is 0.744. The molecule has 0 fully saturated rings. The van der Waals surface area contributed by atoms with Gasteiger partial charge in [-0.25, -0.2) is 0 Å². The molecule has 24 heavy (non-hydrogen) atoms. The molecule has 2 rings (SSSR count). The number of rotatable bonds is 8. The van der Waals surface area contributed by atoms with Crippen LogP contribution in [0.3, 0.4) is 0 Å². The molecule has 1 heterocycles. The number of nitriles is 1. The first-order chi connectivity index (χ1) is 11.6. The molecule has 0 saturated heterocycles. The molecule has 0 atom stereocenters. The van der Waals surface area contributed by atoms with E-state index in [1.54, 1.807) is 0 Å². The minimum Gasteiger partial charge on any atom is -0.356 e.